The van der Waals surface area contributed by atoms with Gasteiger partial charge in [0.15, 0.2) is 0 Å². The highest BCUT2D eigenvalue weighted by Gasteiger charge is 2.06. The van der Waals surface area contributed by atoms with Crippen LogP contribution < -0.4 is 0 Å². The molecule has 0 fully saturated rings. The third kappa shape index (κ3) is 21.8. The van der Waals surface area contributed by atoms with Gasteiger partial charge in [0.2, 0.25) is 0 Å². The maximum Gasteiger partial charge on any atom is 0.104 e. The number of ether oxygens (including phenoxy) is 2. The number of rotatable bonds is 23. The molecule has 1 atom stereocenters. The zero-order valence-electron chi connectivity index (χ0n) is 18.3. The summed E-state index contributed by atoms with van der Waals surface area (Å²) in [5.74, 6) is 0. The largest absolute Gasteiger partial charge is 0.394 e. The molecule has 0 amide bonds. The molecule has 3 heteroatoms. The summed E-state index contributed by atoms with van der Waals surface area (Å²) >= 11 is 0. The molecule has 0 aliphatic heterocycles. The van der Waals surface area contributed by atoms with Gasteiger partial charge in [-0.3, -0.25) is 0 Å². The van der Waals surface area contributed by atoms with Crippen molar-refractivity contribution >= 4 is 0 Å². The van der Waals surface area contributed by atoms with Gasteiger partial charge in [-0.05, 0) is 6.42 Å². The second kappa shape index (κ2) is 23.7. The molecule has 0 saturated heterocycles. The van der Waals surface area contributed by atoms with Gasteiger partial charge in [0.1, 0.15) is 6.10 Å². The van der Waals surface area contributed by atoms with Crippen molar-refractivity contribution in [1.82, 2.24) is 0 Å². The van der Waals surface area contributed by atoms with E-state index in [2.05, 4.69) is 13.5 Å². The molecule has 0 bridgehead atoms. The molecule has 0 aromatic heterocycles. The van der Waals surface area contributed by atoms with E-state index in [-0.39, 0.29) is 12.7 Å². The molecule has 0 rings (SSSR count). The van der Waals surface area contributed by atoms with E-state index in [1.165, 1.54) is 96.3 Å². The van der Waals surface area contributed by atoms with Gasteiger partial charge in [-0.2, -0.15) is 0 Å². The summed E-state index contributed by atoms with van der Waals surface area (Å²) in [5, 5.41) is 9.23. The van der Waals surface area contributed by atoms with Crippen molar-refractivity contribution in [3.63, 3.8) is 0 Å². The standard InChI is InChI=1S/C24H48O3/c1-3-5-6-7-8-9-10-11-12-13-14-15-16-17-18-19-21-27-24(22-25)23-26-20-4-2/h4,24-25H,2-3,5-23H2,1H3. The van der Waals surface area contributed by atoms with Crippen molar-refractivity contribution in [1.29, 1.82) is 0 Å². The topological polar surface area (TPSA) is 38.7 Å². The minimum Gasteiger partial charge on any atom is -0.394 e. The van der Waals surface area contributed by atoms with Gasteiger partial charge < -0.3 is 14.6 Å². The number of hydrogen-bond donors (Lipinski definition) is 1. The van der Waals surface area contributed by atoms with E-state index in [1.807, 2.05) is 0 Å². The zero-order chi connectivity index (χ0) is 19.8. The molecule has 0 heterocycles. The van der Waals surface area contributed by atoms with Gasteiger partial charge in [-0.1, -0.05) is 109 Å². The summed E-state index contributed by atoms with van der Waals surface area (Å²) in [6.07, 6.45) is 23.5. The molecule has 0 aromatic rings. The first-order valence-corrected chi connectivity index (χ1v) is 11.8. The van der Waals surface area contributed by atoms with Gasteiger partial charge in [0, 0.05) is 6.61 Å². The third-order valence-electron chi connectivity index (χ3n) is 5.09. The average Bonchev–Trinajstić information content (AvgIpc) is 2.69. The third-order valence-corrected chi connectivity index (χ3v) is 5.09. The van der Waals surface area contributed by atoms with Crippen LogP contribution in [-0.2, 0) is 9.47 Å². The van der Waals surface area contributed by atoms with E-state index in [0.717, 1.165) is 13.0 Å². The van der Waals surface area contributed by atoms with Crippen molar-refractivity contribution in [2.45, 2.75) is 116 Å². The van der Waals surface area contributed by atoms with Crippen LogP contribution in [0.1, 0.15) is 110 Å². The average molecular weight is 385 g/mol. The molecule has 0 spiro atoms. The summed E-state index contributed by atoms with van der Waals surface area (Å²) in [6, 6.07) is 0. The van der Waals surface area contributed by atoms with Crippen molar-refractivity contribution in [2.75, 3.05) is 26.4 Å². The highest BCUT2D eigenvalue weighted by atomic mass is 16.5. The van der Waals surface area contributed by atoms with Gasteiger partial charge in [0.25, 0.3) is 0 Å². The minimum atomic E-state index is -0.193. The lowest BCUT2D eigenvalue weighted by Crippen LogP contribution is -2.24. The molecule has 1 unspecified atom stereocenters. The monoisotopic (exact) mass is 384 g/mol. The summed E-state index contributed by atoms with van der Waals surface area (Å²) in [7, 11) is 0. The molecule has 0 aliphatic carbocycles. The maximum atomic E-state index is 9.23. The van der Waals surface area contributed by atoms with Crippen molar-refractivity contribution < 1.29 is 14.6 Å². The van der Waals surface area contributed by atoms with Crippen molar-refractivity contribution in [3.05, 3.63) is 12.7 Å². The highest BCUT2D eigenvalue weighted by molar-refractivity contribution is 4.65. The first-order chi connectivity index (χ1) is 13.3. The number of aliphatic hydroxyl groups is 1. The van der Waals surface area contributed by atoms with E-state index >= 15 is 0 Å². The van der Waals surface area contributed by atoms with Crippen molar-refractivity contribution in [3.8, 4) is 0 Å². The van der Waals surface area contributed by atoms with Crippen LogP contribution in [0.4, 0.5) is 0 Å². The fourth-order valence-electron chi connectivity index (χ4n) is 3.34. The summed E-state index contributed by atoms with van der Waals surface area (Å²) in [4.78, 5) is 0. The lowest BCUT2D eigenvalue weighted by atomic mass is 10.0. The Morgan fingerprint density at radius 3 is 1.59 bits per heavy atom. The lowest BCUT2D eigenvalue weighted by Gasteiger charge is -2.15. The maximum absolute atomic E-state index is 9.23. The Morgan fingerprint density at radius 1 is 0.741 bits per heavy atom. The SMILES string of the molecule is C=CCOCC(CO)OCCCCCCCCCCCCCCCCCC. The Hall–Kier alpha value is -0.380. The molecule has 0 saturated carbocycles. The predicted molar refractivity (Wildman–Crippen MR) is 117 cm³/mol. The van der Waals surface area contributed by atoms with Crippen LogP contribution in [0.15, 0.2) is 12.7 Å². The van der Waals surface area contributed by atoms with Crippen LogP contribution >= 0.6 is 0 Å². The first-order valence-electron chi connectivity index (χ1n) is 11.8. The number of unbranched alkanes of at least 4 members (excludes halogenated alkanes) is 15. The Labute approximate surface area is 169 Å². The fraction of sp³-hybridized carbons (Fsp3) is 0.917. The predicted octanol–water partition coefficient (Wildman–Crippen LogP) is 6.83. The Bertz CT molecular complexity index is 281. The van der Waals surface area contributed by atoms with Crippen LogP contribution in [0.3, 0.4) is 0 Å². The second-order valence-corrected chi connectivity index (χ2v) is 7.80. The molecule has 27 heavy (non-hydrogen) atoms. The van der Waals surface area contributed by atoms with E-state index in [4.69, 9.17) is 9.47 Å². The Kier molecular flexibility index (Phi) is 23.3. The zero-order valence-corrected chi connectivity index (χ0v) is 18.3. The van der Waals surface area contributed by atoms with Crippen LogP contribution in [-0.4, -0.2) is 37.6 Å². The molecule has 0 radical (unpaired) electrons. The van der Waals surface area contributed by atoms with Crippen molar-refractivity contribution in [2.24, 2.45) is 0 Å². The summed E-state index contributed by atoms with van der Waals surface area (Å²) < 4.78 is 11.0. The van der Waals surface area contributed by atoms with E-state index in [0.29, 0.717) is 13.2 Å². The second-order valence-electron chi connectivity index (χ2n) is 7.80. The van der Waals surface area contributed by atoms with E-state index in [9.17, 15) is 5.11 Å². The number of hydrogen-bond acceptors (Lipinski definition) is 3. The highest BCUT2D eigenvalue weighted by Crippen LogP contribution is 2.13. The quantitative estimate of drug-likeness (QED) is 0.155. The molecular formula is C24H48O3. The molecule has 1 N–H and O–H groups in total. The fourth-order valence-corrected chi connectivity index (χ4v) is 3.34. The summed E-state index contributed by atoms with van der Waals surface area (Å²) in [6.45, 7) is 7.59. The molecular weight excluding hydrogens is 336 g/mol. The van der Waals surface area contributed by atoms with Crippen LogP contribution in [0.5, 0.6) is 0 Å². The normalized spacial score (nSPS) is 12.4. The number of aliphatic hydroxyl groups excluding tert-OH is 1. The van der Waals surface area contributed by atoms with Crippen LogP contribution in [0.2, 0.25) is 0 Å². The first kappa shape index (κ1) is 26.6. The molecule has 0 aromatic carbocycles. The van der Waals surface area contributed by atoms with Gasteiger partial charge in [-0.25, -0.2) is 0 Å². The molecule has 162 valence electrons. The van der Waals surface area contributed by atoms with E-state index in [1.54, 1.807) is 6.08 Å². The van der Waals surface area contributed by atoms with Crippen LogP contribution in [0, 0.1) is 0 Å². The van der Waals surface area contributed by atoms with Crippen LogP contribution in [0.25, 0.3) is 0 Å². The molecule has 0 aliphatic rings. The molecule has 3 nitrogen and oxygen atoms in total. The lowest BCUT2D eigenvalue weighted by molar-refractivity contribution is -0.0382. The van der Waals surface area contributed by atoms with E-state index < -0.39 is 0 Å². The minimum absolute atomic E-state index is 0.0238. The Balaban J connectivity index is 3.15. The Morgan fingerprint density at radius 2 is 1.19 bits per heavy atom. The van der Waals surface area contributed by atoms with Gasteiger partial charge in [0.05, 0.1) is 19.8 Å². The smallest absolute Gasteiger partial charge is 0.104 e. The summed E-state index contributed by atoms with van der Waals surface area (Å²) in [5.41, 5.74) is 0. The van der Waals surface area contributed by atoms with Gasteiger partial charge in [-0.15, -0.1) is 6.58 Å². The van der Waals surface area contributed by atoms with Gasteiger partial charge >= 0.3 is 0 Å².